The number of nitrogens with zero attached hydrogens (tertiary/aromatic N) is 1. The predicted octanol–water partition coefficient (Wildman–Crippen LogP) is -0.0639. The minimum Gasteiger partial charge on any atom is -0.480 e. The van der Waals surface area contributed by atoms with Gasteiger partial charge in [0.25, 0.3) is 0 Å². The largest absolute Gasteiger partial charge is 0.480 e. The molecule has 0 bridgehead atoms. The van der Waals surface area contributed by atoms with Gasteiger partial charge in [0.05, 0.1) is 0 Å². The molecule has 104 valence electrons. The Morgan fingerprint density at radius 3 is 2.50 bits per heavy atom. The fourth-order valence-corrected chi connectivity index (χ4v) is 1.23. The molecule has 1 atom stereocenters. The minimum absolute atomic E-state index is 0.337. The number of aliphatic imine (C=N–C) groups is 1. The summed E-state index contributed by atoms with van der Waals surface area (Å²) in [6.45, 7) is 2.11. The van der Waals surface area contributed by atoms with Crippen LogP contribution in [-0.2, 0) is 4.79 Å². The molecule has 5 N–H and O–H groups in total. The molecule has 0 unspecified atom stereocenters. The summed E-state index contributed by atoms with van der Waals surface area (Å²) in [6, 6.07) is -1.41. The number of unbranched alkanes of at least 4 members (excludes halogenated alkanes) is 1. The van der Waals surface area contributed by atoms with Crippen molar-refractivity contribution < 1.29 is 19.9 Å². The summed E-state index contributed by atoms with van der Waals surface area (Å²) in [5.74, 6) is -0.649. The van der Waals surface area contributed by atoms with E-state index in [-0.39, 0.29) is 0 Å². The van der Waals surface area contributed by atoms with Crippen molar-refractivity contribution in [2.45, 2.75) is 32.2 Å². The average molecular weight is 260 g/mol. The van der Waals surface area contributed by atoms with E-state index < -0.39 is 18.0 Å². The van der Waals surface area contributed by atoms with Gasteiger partial charge in [-0.3, -0.25) is 15.7 Å². The van der Waals surface area contributed by atoms with E-state index in [4.69, 9.17) is 10.3 Å². The van der Waals surface area contributed by atoms with Gasteiger partial charge in [0, 0.05) is 13.6 Å². The average Bonchev–Trinajstić information content (AvgIpc) is 2.35. The summed E-state index contributed by atoms with van der Waals surface area (Å²) < 4.78 is 0. The topological polar surface area (TPSA) is 123 Å². The van der Waals surface area contributed by atoms with Gasteiger partial charge in [0.2, 0.25) is 0 Å². The molecule has 0 aromatic heterocycles. The smallest absolute Gasteiger partial charge is 0.326 e. The third-order valence-corrected chi connectivity index (χ3v) is 2.24. The zero-order valence-electron chi connectivity index (χ0n) is 10.6. The third kappa shape index (κ3) is 7.44. The first-order valence-electron chi connectivity index (χ1n) is 5.63. The van der Waals surface area contributed by atoms with E-state index in [9.17, 15) is 9.59 Å². The van der Waals surface area contributed by atoms with Crippen molar-refractivity contribution in [3.05, 3.63) is 0 Å². The summed E-state index contributed by atoms with van der Waals surface area (Å²) in [5, 5.41) is 22.0. The van der Waals surface area contributed by atoms with Crippen LogP contribution in [0.1, 0.15) is 26.2 Å². The minimum atomic E-state index is -1.06. The monoisotopic (exact) mass is 260 g/mol. The molecule has 8 nitrogen and oxygen atoms in total. The van der Waals surface area contributed by atoms with Gasteiger partial charge in [-0.15, -0.1) is 0 Å². The van der Waals surface area contributed by atoms with Crippen LogP contribution in [0.3, 0.4) is 0 Å². The summed E-state index contributed by atoms with van der Waals surface area (Å²) in [4.78, 5) is 25.8. The van der Waals surface area contributed by atoms with Crippen LogP contribution < -0.4 is 16.1 Å². The van der Waals surface area contributed by atoms with Gasteiger partial charge in [-0.05, 0) is 26.2 Å². The lowest BCUT2D eigenvalue weighted by Gasteiger charge is -2.13. The van der Waals surface area contributed by atoms with Gasteiger partial charge in [0.1, 0.15) is 11.9 Å². The van der Waals surface area contributed by atoms with Crippen molar-refractivity contribution in [2.24, 2.45) is 4.99 Å². The first-order chi connectivity index (χ1) is 8.51. The number of amides is 2. The van der Waals surface area contributed by atoms with Gasteiger partial charge < -0.3 is 15.7 Å². The molecule has 0 aromatic rings. The van der Waals surface area contributed by atoms with Crippen LogP contribution in [0.2, 0.25) is 0 Å². The number of carboxylic acids is 1. The molecule has 0 aliphatic carbocycles. The van der Waals surface area contributed by atoms with Gasteiger partial charge in [-0.1, -0.05) is 0 Å². The number of carboxylic acid groups (broad SMARTS) is 1. The van der Waals surface area contributed by atoms with Gasteiger partial charge >= 0.3 is 12.0 Å². The number of carbonyl (C=O) groups excluding carboxylic acids is 1. The molecular weight excluding hydrogens is 240 g/mol. The fourth-order valence-electron chi connectivity index (χ4n) is 1.23. The molecule has 0 saturated heterocycles. The zero-order chi connectivity index (χ0) is 14.0. The number of hydroxylamine groups is 1. The van der Waals surface area contributed by atoms with Crippen LogP contribution in [0, 0.1) is 0 Å². The number of nitrogens with one attached hydrogen (secondary N) is 3. The van der Waals surface area contributed by atoms with Crippen LogP contribution >= 0.6 is 0 Å². The highest BCUT2D eigenvalue weighted by Crippen LogP contribution is 2.02. The first-order valence-corrected chi connectivity index (χ1v) is 5.63. The second-order valence-corrected chi connectivity index (χ2v) is 3.69. The highest BCUT2D eigenvalue weighted by atomic mass is 16.5. The molecule has 0 heterocycles. The highest BCUT2D eigenvalue weighted by molar-refractivity contribution is 5.82. The lowest BCUT2D eigenvalue weighted by molar-refractivity contribution is -0.139. The summed E-state index contributed by atoms with van der Waals surface area (Å²) in [7, 11) is 1.42. The molecule has 0 saturated carbocycles. The maximum atomic E-state index is 11.0. The van der Waals surface area contributed by atoms with Gasteiger partial charge in [0.15, 0.2) is 0 Å². The van der Waals surface area contributed by atoms with Crippen LogP contribution in [0.25, 0.3) is 0 Å². The third-order valence-electron chi connectivity index (χ3n) is 2.24. The van der Waals surface area contributed by atoms with E-state index in [0.717, 1.165) is 0 Å². The Labute approximate surface area is 105 Å². The van der Waals surface area contributed by atoms with E-state index in [0.29, 0.717) is 31.6 Å². The Morgan fingerprint density at radius 1 is 1.33 bits per heavy atom. The molecule has 8 heteroatoms. The van der Waals surface area contributed by atoms with Gasteiger partial charge in [-0.2, -0.15) is 0 Å². The number of amidine groups is 1. The maximum absolute atomic E-state index is 11.0. The quantitative estimate of drug-likeness (QED) is 0.190. The van der Waals surface area contributed by atoms with E-state index in [2.05, 4.69) is 15.6 Å². The molecular formula is C10H20N4O4. The zero-order valence-corrected chi connectivity index (χ0v) is 10.6. The number of hydrogen-bond acceptors (Lipinski definition) is 4. The summed E-state index contributed by atoms with van der Waals surface area (Å²) in [6.07, 6.45) is 1.63. The van der Waals surface area contributed by atoms with Crippen LogP contribution in [0.5, 0.6) is 0 Å². The van der Waals surface area contributed by atoms with Crippen LogP contribution in [0.15, 0.2) is 4.99 Å². The number of aliphatic carboxylic acids is 1. The highest BCUT2D eigenvalue weighted by Gasteiger charge is 2.18. The van der Waals surface area contributed by atoms with E-state index in [1.54, 1.807) is 6.92 Å². The number of urea groups is 1. The van der Waals surface area contributed by atoms with Crippen molar-refractivity contribution in [1.29, 1.82) is 0 Å². The molecule has 0 aromatic carbocycles. The molecule has 0 spiro atoms. The lowest BCUT2D eigenvalue weighted by atomic mass is 10.1. The van der Waals surface area contributed by atoms with Gasteiger partial charge in [-0.25, -0.2) is 9.59 Å². The van der Waals surface area contributed by atoms with Crippen molar-refractivity contribution in [2.75, 3.05) is 13.6 Å². The molecule has 0 aliphatic heterocycles. The summed E-state index contributed by atoms with van der Waals surface area (Å²) >= 11 is 0. The number of rotatable bonds is 7. The Kier molecular flexibility index (Phi) is 8.29. The standard InChI is InChI=1S/C10H20N4O4/c1-7(14-18)12-6-4-3-5-8(9(15)16)13-10(17)11-2/h8,18H,3-6H2,1-2H3,(H,12,14)(H,15,16)(H2,11,13,17)/t8-/m0/s1. The normalized spacial score (nSPS) is 12.7. The van der Waals surface area contributed by atoms with Crippen LogP contribution in [0.4, 0.5) is 4.79 Å². The number of hydrogen-bond donors (Lipinski definition) is 5. The van der Waals surface area contributed by atoms with Crippen molar-refractivity contribution >= 4 is 17.8 Å². The second kappa shape index (κ2) is 9.23. The van der Waals surface area contributed by atoms with E-state index >= 15 is 0 Å². The molecule has 0 fully saturated rings. The Balaban J connectivity index is 3.91. The molecule has 2 amide bonds. The SMILES string of the molecule is CNC(=O)N[C@@H](CCCCN=C(C)NO)C(=O)O. The van der Waals surface area contributed by atoms with Crippen LogP contribution in [-0.4, -0.2) is 47.8 Å². The van der Waals surface area contributed by atoms with E-state index in [1.165, 1.54) is 7.05 Å². The molecule has 0 aliphatic rings. The predicted molar refractivity (Wildman–Crippen MR) is 65.8 cm³/mol. The molecule has 0 rings (SSSR count). The lowest BCUT2D eigenvalue weighted by Crippen LogP contribution is -2.44. The van der Waals surface area contributed by atoms with Crippen molar-refractivity contribution in [3.63, 3.8) is 0 Å². The molecule has 0 radical (unpaired) electrons. The summed E-state index contributed by atoms with van der Waals surface area (Å²) in [5.41, 5.74) is 1.91. The van der Waals surface area contributed by atoms with Crippen molar-refractivity contribution in [3.8, 4) is 0 Å². The Hall–Kier alpha value is -1.83. The number of carbonyl (C=O) groups is 2. The Morgan fingerprint density at radius 2 is 2.00 bits per heavy atom. The first kappa shape index (κ1) is 16.2. The maximum Gasteiger partial charge on any atom is 0.326 e. The Bertz CT molecular complexity index is 306. The fraction of sp³-hybridized carbons (Fsp3) is 0.700. The van der Waals surface area contributed by atoms with E-state index in [1.807, 2.05) is 5.48 Å². The molecule has 18 heavy (non-hydrogen) atoms. The van der Waals surface area contributed by atoms with Crippen molar-refractivity contribution in [1.82, 2.24) is 16.1 Å². The second-order valence-electron chi connectivity index (χ2n) is 3.69.